The fourth-order valence-corrected chi connectivity index (χ4v) is 1.61. The second-order valence-corrected chi connectivity index (χ2v) is 5.03. The van der Waals surface area contributed by atoms with Crippen molar-refractivity contribution in [3.8, 4) is 0 Å². The van der Waals surface area contributed by atoms with Crippen molar-refractivity contribution >= 4 is 11.9 Å². The largest absolute Gasteiger partial charge is 1.00 e. The number of halogens is 1. The van der Waals surface area contributed by atoms with E-state index in [0.29, 0.717) is 6.42 Å². The molecule has 0 saturated heterocycles. The van der Waals surface area contributed by atoms with E-state index >= 15 is 0 Å². The number of carboxylic acid groups (broad SMARTS) is 1. The minimum atomic E-state index is -2.30. The first kappa shape index (κ1) is 14.6. The Morgan fingerprint density at radius 2 is 2.00 bits per heavy atom. The van der Waals surface area contributed by atoms with E-state index in [1.165, 1.54) is 14.1 Å². The number of hydrogen-bond acceptors (Lipinski definition) is 3. The molecule has 0 bridgehead atoms. The van der Waals surface area contributed by atoms with Gasteiger partial charge in [-0.1, -0.05) is 19.8 Å². The van der Waals surface area contributed by atoms with E-state index in [1.807, 2.05) is 6.92 Å². The zero-order valence-corrected chi connectivity index (χ0v) is 12.6. The molecule has 0 amide bonds. The minimum absolute atomic E-state index is 0. The van der Waals surface area contributed by atoms with Crippen LogP contribution >= 0.6 is 0 Å². The molecule has 0 aliphatic carbocycles. The molecule has 114 valence electrons. The summed E-state index contributed by atoms with van der Waals surface area (Å²) in [6.07, 6.45) is 1.45. The number of unbranched alkanes of at least 4 members (excludes halogenated alkanes) is 2. The third kappa shape index (κ3) is 13.4. The predicted molar refractivity (Wildman–Crippen MR) is 69.2 cm³/mol. The summed E-state index contributed by atoms with van der Waals surface area (Å²) in [6, 6.07) is 0. The molecule has 0 aliphatic heterocycles. The number of nitrogens with zero attached hydrogens (tertiary/aromatic N) is 1. The van der Waals surface area contributed by atoms with Gasteiger partial charge in [0.1, 0.15) is 6.54 Å². The molecule has 0 aromatic rings. The maximum absolute atomic E-state index is 11.7. The van der Waals surface area contributed by atoms with Crippen molar-refractivity contribution in [2.75, 3.05) is 27.6 Å². The Kier molecular flexibility index (Phi) is 7.71. The van der Waals surface area contributed by atoms with E-state index in [1.54, 1.807) is 0 Å². The fraction of sp³-hybridized carbons (Fsp3) is 0.846. The van der Waals surface area contributed by atoms with Gasteiger partial charge >= 0.3 is 11.9 Å². The summed E-state index contributed by atoms with van der Waals surface area (Å²) in [7, 11) is 2.93. The molecule has 0 rings (SSSR count). The second-order valence-electron chi connectivity index (χ2n) is 5.03. The Morgan fingerprint density at radius 1 is 1.37 bits per heavy atom. The topological polar surface area (TPSA) is 63.6 Å². The summed E-state index contributed by atoms with van der Waals surface area (Å²) in [6.45, 7) is -0.359. The number of hydrogen-bond donors (Lipinski definition) is 1. The summed E-state index contributed by atoms with van der Waals surface area (Å²) in [5.74, 6) is -1.59. The summed E-state index contributed by atoms with van der Waals surface area (Å²) < 4.78 is 27.1. The van der Waals surface area contributed by atoms with Crippen LogP contribution in [0.25, 0.3) is 0 Å². The molecule has 6 heteroatoms. The number of aliphatic carboxylic acids is 1. The second kappa shape index (κ2) is 10.0. The number of carbonyl (C=O) groups is 2. The van der Waals surface area contributed by atoms with Crippen molar-refractivity contribution in [1.82, 2.24) is 0 Å². The lowest BCUT2D eigenvalue weighted by Gasteiger charge is -2.28. The number of quaternary nitrogens is 1. The van der Waals surface area contributed by atoms with Gasteiger partial charge in [-0.2, -0.15) is 0 Å². The lowest BCUT2D eigenvalue weighted by atomic mass is 10.2. The molecular formula is C13H26ClNO4. The monoisotopic (exact) mass is 298 g/mol. The van der Waals surface area contributed by atoms with Crippen LogP contribution in [0.2, 0.25) is 0 Å². The van der Waals surface area contributed by atoms with Crippen molar-refractivity contribution in [2.24, 2.45) is 0 Å². The van der Waals surface area contributed by atoms with Crippen LogP contribution in [0.15, 0.2) is 0 Å². The zero-order chi connectivity index (χ0) is 16.7. The third-order valence-electron chi connectivity index (χ3n) is 2.34. The van der Waals surface area contributed by atoms with Crippen LogP contribution in [-0.4, -0.2) is 55.2 Å². The van der Waals surface area contributed by atoms with Crippen molar-refractivity contribution in [1.29, 1.82) is 0 Å². The molecular weight excluding hydrogens is 270 g/mol. The Morgan fingerprint density at radius 3 is 2.47 bits per heavy atom. The number of rotatable bonds is 9. The van der Waals surface area contributed by atoms with Crippen LogP contribution in [0.4, 0.5) is 0 Å². The molecule has 0 aromatic carbocycles. The number of esters is 1. The molecule has 0 heterocycles. The fourth-order valence-electron chi connectivity index (χ4n) is 1.61. The molecule has 0 spiro atoms. The highest BCUT2D eigenvalue weighted by atomic mass is 35.5. The lowest BCUT2D eigenvalue weighted by molar-refractivity contribution is -0.873. The molecule has 0 aliphatic rings. The summed E-state index contributed by atoms with van der Waals surface area (Å²) >= 11 is 0. The summed E-state index contributed by atoms with van der Waals surface area (Å²) in [5, 5.41) is 8.87. The van der Waals surface area contributed by atoms with Gasteiger partial charge in [-0.3, -0.25) is 9.59 Å². The van der Waals surface area contributed by atoms with E-state index in [9.17, 15) is 9.59 Å². The number of carbonyl (C=O) groups excluding carboxylic acids is 1. The van der Waals surface area contributed by atoms with Gasteiger partial charge in [-0.05, 0) is 6.42 Å². The first-order valence-electron chi connectivity index (χ1n) is 7.74. The van der Waals surface area contributed by atoms with Crippen LogP contribution in [0.1, 0.15) is 43.1 Å². The summed E-state index contributed by atoms with van der Waals surface area (Å²) in [5.41, 5.74) is 0. The summed E-state index contributed by atoms with van der Waals surface area (Å²) in [4.78, 5) is 22.5. The van der Waals surface area contributed by atoms with E-state index in [4.69, 9.17) is 14.0 Å². The average molecular weight is 299 g/mol. The zero-order valence-electron chi connectivity index (χ0n) is 14.8. The Bertz CT molecular complexity index is 362. The highest BCUT2D eigenvalue weighted by molar-refractivity contribution is 5.71. The van der Waals surface area contributed by atoms with E-state index in [-0.39, 0.29) is 25.4 Å². The Balaban J connectivity index is 0. The van der Waals surface area contributed by atoms with Crippen LogP contribution in [-0.2, 0) is 14.3 Å². The van der Waals surface area contributed by atoms with Crippen LogP contribution in [0, 0.1) is 0 Å². The minimum Gasteiger partial charge on any atom is -1.00 e. The van der Waals surface area contributed by atoms with Crippen molar-refractivity contribution < 1.29 is 40.4 Å². The highest BCUT2D eigenvalue weighted by Crippen LogP contribution is 2.08. The highest BCUT2D eigenvalue weighted by Gasteiger charge is 2.24. The SMILES string of the molecule is [2H]C([2H])([2H])[N+](C)(C)C[C@@H](CC(=O)O)OC(=O)CCCCC.[Cl-]. The molecule has 0 aromatic heterocycles. The van der Waals surface area contributed by atoms with Gasteiger partial charge in [0.05, 0.1) is 31.6 Å². The van der Waals surface area contributed by atoms with Crippen molar-refractivity contribution in [2.45, 2.75) is 45.1 Å². The van der Waals surface area contributed by atoms with Crippen LogP contribution < -0.4 is 12.4 Å². The molecule has 1 atom stereocenters. The van der Waals surface area contributed by atoms with Gasteiger partial charge in [0.15, 0.2) is 6.10 Å². The average Bonchev–Trinajstić information content (AvgIpc) is 2.25. The smallest absolute Gasteiger partial charge is 0.307 e. The molecule has 0 unspecified atom stereocenters. The van der Waals surface area contributed by atoms with Gasteiger partial charge < -0.3 is 26.7 Å². The molecule has 0 saturated carbocycles. The van der Waals surface area contributed by atoms with Gasteiger partial charge in [0.2, 0.25) is 0 Å². The number of carboxylic acids is 1. The third-order valence-corrected chi connectivity index (χ3v) is 2.34. The lowest BCUT2D eigenvalue weighted by Crippen LogP contribution is -3.00. The van der Waals surface area contributed by atoms with E-state index in [0.717, 1.165) is 12.8 Å². The van der Waals surface area contributed by atoms with Crippen molar-refractivity contribution in [3.63, 3.8) is 0 Å². The van der Waals surface area contributed by atoms with Crippen LogP contribution in [0.3, 0.4) is 0 Å². The first-order valence-corrected chi connectivity index (χ1v) is 6.24. The molecule has 5 nitrogen and oxygen atoms in total. The number of likely N-dealkylation sites (N-methyl/N-ethyl adjacent to an activating group) is 1. The first-order chi connectivity index (χ1) is 9.49. The maximum atomic E-state index is 11.7. The Hall–Kier alpha value is -0.810. The quantitative estimate of drug-likeness (QED) is 0.325. The maximum Gasteiger partial charge on any atom is 0.307 e. The van der Waals surface area contributed by atoms with Gasteiger partial charge in [-0.25, -0.2) is 0 Å². The van der Waals surface area contributed by atoms with Gasteiger partial charge in [-0.15, -0.1) is 0 Å². The molecule has 1 N–H and O–H groups in total. The molecule has 0 radical (unpaired) electrons. The van der Waals surface area contributed by atoms with Crippen LogP contribution in [0.5, 0.6) is 0 Å². The van der Waals surface area contributed by atoms with Gasteiger partial charge in [0.25, 0.3) is 0 Å². The van der Waals surface area contributed by atoms with Gasteiger partial charge in [0, 0.05) is 6.42 Å². The number of ether oxygens (including phenoxy) is 1. The Labute approximate surface area is 126 Å². The normalized spacial score (nSPS) is 15.4. The predicted octanol–water partition coefficient (Wildman–Crippen LogP) is -1.34. The van der Waals surface area contributed by atoms with Crippen molar-refractivity contribution in [3.05, 3.63) is 0 Å². The van der Waals surface area contributed by atoms with E-state index < -0.39 is 35.9 Å². The molecule has 0 fully saturated rings. The standard InChI is InChI=1S/C13H25NO4.ClH/c1-5-6-7-8-13(17)18-11(9-12(15)16)10-14(2,3)4;/h11H,5-10H2,1-4H3;1H/t11-;/m1./s1/i2D3;. The van der Waals surface area contributed by atoms with E-state index in [2.05, 4.69) is 0 Å². The molecule has 19 heavy (non-hydrogen) atoms.